The van der Waals surface area contributed by atoms with Gasteiger partial charge in [0.15, 0.2) is 0 Å². The molecule has 15 heavy (non-hydrogen) atoms. The van der Waals surface area contributed by atoms with Gasteiger partial charge < -0.3 is 10.5 Å². The van der Waals surface area contributed by atoms with Crippen LogP contribution < -0.4 is 5.73 Å². The lowest BCUT2D eigenvalue weighted by Gasteiger charge is -2.06. The van der Waals surface area contributed by atoms with Gasteiger partial charge in [0.1, 0.15) is 0 Å². The zero-order valence-electron chi connectivity index (χ0n) is 9.16. The zero-order valence-corrected chi connectivity index (χ0v) is 9.97. The van der Waals surface area contributed by atoms with Crippen LogP contribution in [0.25, 0.3) is 0 Å². The average Bonchev–Trinajstić information content (AvgIpc) is 2.22. The van der Waals surface area contributed by atoms with E-state index in [9.17, 15) is 4.21 Å². The Labute approximate surface area is 93.1 Å². The molecule has 0 amide bonds. The van der Waals surface area contributed by atoms with Crippen molar-refractivity contribution in [3.63, 3.8) is 0 Å². The van der Waals surface area contributed by atoms with Crippen molar-refractivity contribution in [1.82, 2.24) is 0 Å². The molecule has 0 fully saturated rings. The Balaban J connectivity index is 2.68. The summed E-state index contributed by atoms with van der Waals surface area (Å²) in [6, 6.07) is 5.61. The molecule has 84 valence electrons. The fraction of sp³-hybridized carbons (Fsp3) is 0.455. The fourth-order valence-corrected chi connectivity index (χ4v) is 2.53. The number of benzene rings is 1. The number of methoxy groups -OCH3 is 1. The van der Waals surface area contributed by atoms with E-state index in [-0.39, 0.29) is 0 Å². The topological polar surface area (TPSA) is 52.3 Å². The molecule has 1 aromatic rings. The number of anilines is 1. The van der Waals surface area contributed by atoms with E-state index < -0.39 is 10.8 Å². The van der Waals surface area contributed by atoms with Crippen molar-refractivity contribution in [2.45, 2.75) is 18.2 Å². The molecule has 4 heteroatoms. The Kier molecular flexibility index (Phi) is 4.78. The number of ether oxygens (including phenoxy) is 1. The quantitative estimate of drug-likeness (QED) is 0.615. The maximum atomic E-state index is 11.9. The van der Waals surface area contributed by atoms with Gasteiger partial charge in [0.05, 0.1) is 15.7 Å². The molecule has 1 unspecified atom stereocenters. The number of hydrogen-bond acceptors (Lipinski definition) is 3. The van der Waals surface area contributed by atoms with Gasteiger partial charge in [0.2, 0.25) is 0 Å². The van der Waals surface area contributed by atoms with E-state index in [1.54, 1.807) is 13.2 Å². The molecule has 1 aromatic carbocycles. The van der Waals surface area contributed by atoms with Gasteiger partial charge in [-0.2, -0.15) is 0 Å². The maximum Gasteiger partial charge on any atom is 0.0620 e. The molecule has 0 heterocycles. The molecule has 0 saturated heterocycles. The van der Waals surface area contributed by atoms with Crippen LogP contribution in [0, 0.1) is 6.92 Å². The molecular formula is C11H17NO2S. The first-order valence-corrected chi connectivity index (χ1v) is 6.20. The molecule has 0 radical (unpaired) electrons. The molecule has 0 aromatic heterocycles. The maximum absolute atomic E-state index is 11.9. The molecule has 0 aliphatic carbocycles. The minimum absolute atomic E-state index is 0.599. The van der Waals surface area contributed by atoms with Crippen molar-refractivity contribution in [2.24, 2.45) is 0 Å². The van der Waals surface area contributed by atoms with E-state index in [1.807, 2.05) is 19.1 Å². The monoisotopic (exact) mass is 227 g/mol. The first-order valence-electron chi connectivity index (χ1n) is 4.88. The second-order valence-electron chi connectivity index (χ2n) is 3.44. The average molecular weight is 227 g/mol. The highest BCUT2D eigenvalue weighted by Gasteiger charge is 2.07. The summed E-state index contributed by atoms with van der Waals surface area (Å²) in [7, 11) is 0.631. The van der Waals surface area contributed by atoms with Gasteiger partial charge in [0, 0.05) is 25.2 Å². The van der Waals surface area contributed by atoms with E-state index >= 15 is 0 Å². The number of hydrogen-bond donors (Lipinski definition) is 1. The molecule has 0 spiro atoms. The Bertz CT molecular complexity index is 352. The zero-order chi connectivity index (χ0) is 11.3. The second-order valence-corrected chi connectivity index (χ2v) is 4.98. The SMILES string of the molecule is COCCCS(=O)c1cc(C)ccc1N. The molecule has 2 N–H and O–H groups in total. The Morgan fingerprint density at radius 1 is 1.47 bits per heavy atom. The smallest absolute Gasteiger partial charge is 0.0620 e. The summed E-state index contributed by atoms with van der Waals surface area (Å²) in [6.45, 7) is 2.60. The van der Waals surface area contributed by atoms with Crippen LogP contribution in [0.4, 0.5) is 5.69 Å². The molecule has 0 aliphatic heterocycles. The Hall–Kier alpha value is -0.870. The largest absolute Gasteiger partial charge is 0.398 e. The third kappa shape index (κ3) is 3.64. The summed E-state index contributed by atoms with van der Waals surface area (Å²) in [5.74, 6) is 0.599. The van der Waals surface area contributed by atoms with Gasteiger partial charge in [-0.05, 0) is 31.0 Å². The normalized spacial score (nSPS) is 12.7. The summed E-state index contributed by atoms with van der Waals surface area (Å²) >= 11 is 0. The van der Waals surface area contributed by atoms with Crippen molar-refractivity contribution >= 4 is 16.5 Å². The predicted molar refractivity (Wildman–Crippen MR) is 63.4 cm³/mol. The van der Waals surface area contributed by atoms with Gasteiger partial charge in [-0.25, -0.2) is 0 Å². The first kappa shape index (κ1) is 12.2. The molecule has 1 rings (SSSR count). The van der Waals surface area contributed by atoms with Gasteiger partial charge >= 0.3 is 0 Å². The van der Waals surface area contributed by atoms with Crippen molar-refractivity contribution in [2.75, 3.05) is 25.2 Å². The highest BCUT2D eigenvalue weighted by atomic mass is 32.2. The standard InChI is InChI=1S/C11H17NO2S/c1-9-4-5-10(12)11(8-9)15(13)7-3-6-14-2/h4-5,8H,3,6-7,12H2,1-2H3. The van der Waals surface area contributed by atoms with Gasteiger partial charge in [0.25, 0.3) is 0 Å². The van der Waals surface area contributed by atoms with Crippen molar-refractivity contribution in [3.8, 4) is 0 Å². The van der Waals surface area contributed by atoms with E-state index in [1.165, 1.54) is 0 Å². The van der Waals surface area contributed by atoms with Crippen molar-refractivity contribution in [3.05, 3.63) is 23.8 Å². The van der Waals surface area contributed by atoms with Crippen molar-refractivity contribution in [1.29, 1.82) is 0 Å². The van der Waals surface area contributed by atoms with Gasteiger partial charge in [-0.3, -0.25) is 4.21 Å². The summed E-state index contributed by atoms with van der Waals surface area (Å²) in [4.78, 5) is 0.742. The lowest BCUT2D eigenvalue weighted by molar-refractivity contribution is 0.200. The Morgan fingerprint density at radius 3 is 2.87 bits per heavy atom. The number of aryl methyl sites for hydroxylation is 1. The summed E-state index contributed by atoms with van der Waals surface area (Å²) in [5.41, 5.74) is 7.46. The van der Waals surface area contributed by atoms with Crippen LogP contribution in [-0.4, -0.2) is 23.7 Å². The first-order chi connectivity index (χ1) is 7.15. The molecule has 3 nitrogen and oxygen atoms in total. The summed E-state index contributed by atoms with van der Waals surface area (Å²) in [5, 5.41) is 0. The highest BCUT2D eigenvalue weighted by Crippen LogP contribution is 2.18. The number of nitrogen functional groups attached to an aromatic ring is 1. The lowest BCUT2D eigenvalue weighted by Crippen LogP contribution is -2.04. The van der Waals surface area contributed by atoms with Crippen LogP contribution >= 0.6 is 0 Å². The van der Waals surface area contributed by atoms with Crippen LogP contribution in [0.15, 0.2) is 23.1 Å². The minimum atomic E-state index is -1.01. The van der Waals surface area contributed by atoms with Gasteiger partial charge in [-0.1, -0.05) is 6.07 Å². The fourth-order valence-electron chi connectivity index (χ4n) is 1.28. The van der Waals surface area contributed by atoms with Crippen LogP contribution in [-0.2, 0) is 15.5 Å². The van der Waals surface area contributed by atoms with Crippen LogP contribution in [0.5, 0.6) is 0 Å². The number of rotatable bonds is 5. The third-order valence-corrected chi connectivity index (χ3v) is 3.60. The van der Waals surface area contributed by atoms with E-state index in [2.05, 4.69) is 0 Å². The van der Waals surface area contributed by atoms with E-state index in [4.69, 9.17) is 10.5 Å². The highest BCUT2D eigenvalue weighted by molar-refractivity contribution is 7.85. The van der Waals surface area contributed by atoms with E-state index in [0.29, 0.717) is 18.0 Å². The lowest BCUT2D eigenvalue weighted by atomic mass is 10.2. The van der Waals surface area contributed by atoms with Crippen molar-refractivity contribution < 1.29 is 8.95 Å². The Morgan fingerprint density at radius 2 is 2.20 bits per heavy atom. The molecule has 0 saturated carbocycles. The molecular weight excluding hydrogens is 210 g/mol. The predicted octanol–water partition coefficient (Wildman–Crippen LogP) is 1.72. The van der Waals surface area contributed by atoms with Crippen LogP contribution in [0.2, 0.25) is 0 Å². The van der Waals surface area contributed by atoms with Gasteiger partial charge in [-0.15, -0.1) is 0 Å². The summed E-state index contributed by atoms with van der Waals surface area (Å²) < 4.78 is 16.8. The third-order valence-electron chi connectivity index (χ3n) is 2.09. The van der Waals surface area contributed by atoms with E-state index in [0.717, 1.165) is 16.9 Å². The second kappa shape index (κ2) is 5.88. The summed E-state index contributed by atoms with van der Waals surface area (Å²) in [6.07, 6.45) is 0.788. The molecule has 0 aliphatic rings. The molecule has 0 bridgehead atoms. The minimum Gasteiger partial charge on any atom is -0.398 e. The molecule has 1 atom stereocenters. The van der Waals surface area contributed by atoms with Crippen LogP contribution in [0.1, 0.15) is 12.0 Å². The van der Waals surface area contributed by atoms with Crippen LogP contribution in [0.3, 0.4) is 0 Å². The number of nitrogens with two attached hydrogens (primary N) is 1.